The van der Waals surface area contributed by atoms with Crippen molar-refractivity contribution in [2.45, 2.75) is 130 Å². The van der Waals surface area contributed by atoms with Crippen LogP contribution in [0.1, 0.15) is 112 Å². The number of hydrogen-bond donors (Lipinski definition) is 8. The summed E-state index contributed by atoms with van der Waals surface area (Å²) in [6, 6.07) is 27.8. The van der Waals surface area contributed by atoms with Gasteiger partial charge in [-0.05, 0) is 89.8 Å². The Kier molecular flexibility index (Phi) is 33.2. The number of nitrogens with two attached hydrogens (primary N) is 2. The molecule has 1 fully saturated rings. The van der Waals surface area contributed by atoms with Gasteiger partial charge < -0.3 is 86.2 Å². The topological polar surface area (TPSA) is 340 Å². The highest BCUT2D eigenvalue weighted by Crippen LogP contribution is 2.30. The van der Waals surface area contributed by atoms with Crippen LogP contribution in [0.25, 0.3) is 17.1 Å². The number of aryl methyl sites for hydroxylation is 1. The molecule has 0 saturated carbocycles. The molecule has 4 aromatic carbocycles. The van der Waals surface area contributed by atoms with Crippen LogP contribution in [-0.4, -0.2) is 184 Å². The van der Waals surface area contributed by atoms with E-state index in [4.69, 9.17) is 39.9 Å². The summed E-state index contributed by atoms with van der Waals surface area (Å²) in [5.41, 5.74) is 19.9. The molecule has 7 rings (SSSR count). The van der Waals surface area contributed by atoms with Crippen molar-refractivity contribution in [1.29, 1.82) is 0 Å². The Balaban J connectivity index is 0.739. The number of methoxy groups -OCH3 is 1. The van der Waals surface area contributed by atoms with Crippen LogP contribution in [0.4, 0.5) is 32.7 Å². The first-order chi connectivity index (χ1) is 49.4. The third kappa shape index (κ3) is 25.7. The Labute approximate surface area is 598 Å². The van der Waals surface area contributed by atoms with Gasteiger partial charge >= 0.3 is 12.1 Å². The van der Waals surface area contributed by atoms with E-state index >= 15 is 0 Å². The molecule has 0 radical (unpaired) electrons. The van der Waals surface area contributed by atoms with Crippen LogP contribution in [0.5, 0.6) is 5.75 Å². The molecule has 0 spiro atoms. The average molecular weight is 1410 g/mol. The van der Waals surface area contributed by atoms with Crippen molar-refractivity contribution in [3.05, 3.63) is 143 Å². The summed E-state index contributed by atoms with van der Waals surface area (Å²) in [6.07, 6.45) is 7.80. The molecular formula is C75H104N14O13. The lowest BCUT2D eigenvalue weighted by atomic mass is 10.0. The lowest BCUT2D eigenvalue weighted by molar-refractivity contribution is -0.132. The minimum absolute atomic E-state index is 0.00702. The van der Waals surface area contributed by atoms with Gasteiger partial charge in [-0.25, -0.2) is 14.6 Å². The lowest BCUT2D eigenvalue weighted by Gasteiger charge is -2.43. The molecule has 1 aliphatic rings. The molecule has 102 heavy (non-hydrogen) atoms. The number of unbranched alkanes of at least 4 members (excludes halogenated alkanes) is 2. The first-order valence-corrected chi connectivity index (χ1v) is 35.2. The summed E-state index contributed by atoms with van der Waals surface area (Å²) in [4.78, 5) is 106. The van der Waals surface area contributed by atoms with Crippen molar-refractivity contribution < 1.29 is 62.0 Å². The second kappa shape index (κ2) is 42.6. The van der Waals surface area contributed by atoms with Gasteiger partial charge in [0.2, 0.25) is 35.5 Å². The van der Waals surface area contributed by atoms with Crippen LogP contribution >= 0.6 is 0 Å². The maximum atomic E-state index is 13.8. The highest BCUT2D eigenvalue weighted by molar-refractivity contribution is 5.99. The summed E-state index contributed by atoms with van der Waals surface area (Å²) in [5.74, 6) is -0.567. The fraction of sp³-hybridized carbons (Fsp3) is 0.480. The SMILES string of the molecule is C=Cc1ccccc1CN(C(=O)CCC(=O)NCCOCCOCCOCCOCCC(=O)N[C@H](C(=O)N[C@@H](CCCNC(N)=O)C(=O)Nc1ccc(COC(=O)N(C)C2CN(Cc3ccc(Cn4ccc5nc(N)nc(NCCCCC)c54)c(OC)c3)C2)cc1)C(C)C)c1ccccc1CC. The van der Waals surface area contributed by atoms with E-state index in [9.17, 15) is 33.6 Å². The summed E-state index contributed by atoms with van der Waals surface area (Å²) >= 11 is 0. The number of nitrogens with zero attached hydrogens (tertiary/aromatic N) is 6. The number of benzene rings is 4. The standard InChI is InChI=1S/C75H104N14O13/c1-8-11-16-33-79-70-69-61(83-73(76)85-70)31-36-88(69)47-58-26-23-54(45-64(58)97-7)46-87-49-60(50-87)86(6)75(96)102-51-53-24-27-59(28-25-53)81-71(93)62(21-17-34-80-74(77)95)82-72(94)68(52(4)5)84-66(91)32-37-98-39-41-100-43-44-101-42-40-99-38-35-78-65(90)29-30-67(92)89(63-22-15-14-19-56(63)10-3)48-57-20-13-12-18-55(57)9-2/h9,12-15,18-20,22-28,31,36,45,52,60,62,68H,2,8,10-11,16-17,21,29-30,32-35,37-44,46-51H2,1,3-7H3,(H,78,90)(H,81,93)(H,82,94)(H,84,91)(H3,77,80,95)(H3,76,79,83,85)/t62-,68-/m0/s1. The molecule has 552 valence electrons. The number of urea groups is 1. The lowest BCUT2D eigenvalue weighted by Crippen LogP contribution is -2.59. The van der Waals surface area contributed by atoms with Gasteiger partial charge in [0.1, 0.15) is 30.0 Å². The molecule has 2 atom stereocenters. The van der Waals surface area contributed by atoms with Crippen molar-refractivity contribution in [2.24, 2.45) is 11.7 Å². The van der Waals surface area contributed by atoms with Crippen LogP contribution in [0.2, 0.25) is 0 Å². The predicted octanol–water partition coefficient (Wildman–Crippen LogP) is 7.93. The number of carbonyl (C=O) groups excluding carboxylic acids is 7. The van der Waals surface area contributed by atoms with Gasteiger partial charge in [0.05, 0.1) is 84.6 Å². The number of aromatic nitrogens is 3. The van der Waals surface area contributed by atoms with E-state index in [2.05, 4.69) is 83.0 Å². The minimum atomic E-state index is -1.06. The first kappa shape index (κ1) is 79.7. The molecular weight excluding hydrogens is 1300 g/mol. The van der Waals surface area contributed by atoms with Crippen LogP contribution in [-0.2, 0) is 80.3 Å². The maximum Gasteiger partial charge on any atom is 0.410 e. The predicted molar refractivity (Wildman–Crippen MR) is 393 cm³/mol. The van der Waals surface area contributed by atoms with E-state index in [1.807, 2.05) is 67.7 Å². The molecule has 0 unspecified atom stereocenters. The van der Waals surface area contributed by atoms with Gasteiger partial charge in [0, 0.05) is 88.7 Å². The summed E-state index contributed by atoms with van der Waals surface area (Å²) in [5, 5.41) is 17.2. The average Bonchev–Trinajstić information content (AvgIpc) is 1.58. The molecule has 27 heteroatoms. The number of ether oxygens (including phenoxy) is 6. The number of nitrogens with one attached hydrogen (secondary N) is 6. The number of nitrogen functional groups attached to an aromatic ring is 1. The second-order valence-corrected chi connectivity index (χ2v) is 25.3. The van der Waals surface area contributed by atoms with E-state index < -0.39 is 41.9 Å². The summed E-state index contributed by atoms with van der Waals surface area (Å²) in [7, 11) is 3.39. The largest absolute Gasteiger partial charge is 0.496 e. The number of hydrogen-bond acceptors (Lipinski definition) is 18. The number of rotatable bonds is 46. The van der Waals surface area contributed by atoms with Gasteiger partial charge in [-0.3, -0.25) is 28.9 Å². The van der Waals surface area contributed by atoms with E-state index in [0.29, 0.717) is 82.6 Å². The molecule has 1 aliphatic heterocycles. The number of fused-ring (bicyclic) bond motifs is 1. The maximum absolute atomic E-state index is 13.8. The molecule has 3 heterocycles. The zero-order valence-corrected chi connectivity index (χ0v) is 59.9. The smallest absolute Gasteiger partial charge is 0.410 e. The molecule has 0 aliphatic carbocycles. The van der Waals surface area contributed by atoms with Crippen LogP contribution in [0.3, 0.4) is 0 Å². The van der Waals surface area contributed by atoms with Crippen molar-refractivity contribution in [3.8, 4) is 5.75 Å². The zero-order valence-electron chi connectivity index (χ0n) is 59.9. The molecule has 27 nitrogen and oxygen atoms in total. The van der Waals surface area contributed by atoms with Gasteiger partial charge in [0.25, 0.3) is 0 Å². The quantitative estimate of drug-likeness (QED) is 0.0168. The van der Waals surface area contributed by atoms with Gasteiger partial charge in [-0.15, -0.1) is 0 Å². The number of likely N-dealkylation sites (N-methyl/N-ethyl adjacent to an activating group) is 1. The number of anilines is 4. The summed E-state index contributed by atoms with van der Waals surface area (Å²) < 4.78 is 36.1. The van der Waals surface area contributed by atoms with Crippen LogP contribution in [0, 0.1) is 5.92 Å². The van der Waals surface area contributed by atoms with Crippen molar-refractivity contribution in [2.75, 3.05) is 121 Å². The number of primary amides is 1. The van der Waals surface area contributed by atoms with Crippen molar-refractivity contribution in [1.82, 2.24) is 45.6 Å². The Bertz CT molecular complexity index is 3680. The molecule has 8 amide bonds. The molecule has 10 N–H and O–H groups in total. The molecule has 2 aromatic heterocycles. The fourth-order valence-corrected chi connectivity index (χ4v) is 11.5. The van der Waals surface area contributed by atoms with E-state index in [0.717, 1.165) is 82.5 Å². The Morgan fingerprint density at radius 1 is 0.706 bits per heavy atom. The van der Waals surface area contributed by atoms with Crippen LogP contribution < -0.4 is 53.0 Å². The Hall–Kier alpha value is -9.67. The van der Waals surface area contributed by atoms with Gasteiger partial charge in [-0.1, -0.05) is 120 Å². The normalized spacial score (nSPS) is 12.8. The molecule has 6 aromatic rings. The van der Waals surface area contributed by atoms with E-state index in [-0.39, 0.29) is 102 Å². The zero-order chi connectivity index (χ0) is 73.2. The Morgan fingerprint density at radius 2 is 1.39 bits per heavy atom. The highest BCUT2D eigenvalue weighted by Gasteiger charge is 2.34. The monoisotopic (exact) mass is 1410 g/mol. The number of amides is 8. The number of likely N-dealkylation sites (tertiary alicyclic amines) is 1. The highest BCUT2D eigenvalue weighted by atomic mass is 16.6. The number of para-hydroxylation sites is 1. The third-order valence-corrected chi connectivity index (χ3v) is 17.3. The van der Waals surface area contributed by atoms with E-state index in [1.165, 1.54) is 0 Å². The molecule has 0 bridgehead atoms. The second-order valence-electron chi connectivity index (χ2n) is 25.3. The van der Waals surface area contributed by atoms with Crippen LogP contribution in [0.15, 0.2) is 110 Å². The molecule has 1 saturated heterocycles. The number of carbonyl (C=O) groups is 7. The van der Waals surface area contributed by atoms with Gasteiger partial charge in [0.15, 0.2) is 5.82 Å². The Morgan fingerprint density at radius 3 is 2.08 bits per heavy atom. The first-order valence-electron chi connectivity index (χ1n) is 35.2. The van der Waals surface area contributed by atoms with E-state index in [1.54, 1.807) is 68.1 Å². The van der Waals surface area contributed by atoms with Crippen molar-refractivity contribution >= 4 is 81.9 Å². The fourth-order valence-electron chi connectivity index (χ4n) is 11.5. The van der Waals surface area contributed by atoms with Gasteiger partial charge in [-0.2, -0.15) is 4.98 Å². The summed E-state index contributed by atoms with van der Waals surface area (Å²) in [6.45, 7) is 17.9. The third-order valence-electron chi connectivity index (χ3n) is 17.3. The van der Waals surface area contributed by atoms with Crippen molar-refractivity contribution in [3.63, 3.8) is 0 Å². The minimum Gasteiger partial charge on any atom is -0.496 e.